The van der Waals surface area contributed by atoms with Crippen LogP contribution in [0.1, 0.15) is 30.6 Å². The number of amides is 1. The topological polar surface area (TPSA) is 66.4 Å². The molecule has 1 unspecified atom stereocenters. The molecule has 7 heteroatoms. The van der Waals surface area contributed by atoms with Gasteiger partial charge in [-0.25, -0.2) is 4.79 Å². The van der Waals surface area contributed by atoms with Gasteiger partial charge in [0.05, 0.1) is 13.1 Å². The first-order valence-corrected chi connectivity index (χ1v) is 7.21. The van der Waals surface area contributed by atoms with Crippen LogP contribution in [-0.2, 0) is 4.79 Å². The zero-order valence-electron chi connectivity index (χ0n) is 9.21. The second kappa shape index (κ2) is 5.49. The quantitative estimate of drug-likeness (QED) is 0.837. The van der Waals surface area contributed by atoms with Crippen LogP contribution in [0, 0.1) is 0 Å². The zero-order chi connectivity index (χ0) is 13.2. The van der Waals surface area contributed by atoms with Crippen molar-refractivity contribution >= 4 is 55.1 Å². The molecule has 0 fully saturated rings. The van der Waals surface area contributed by atoms with E-state index in [0.29, 0.717) is 15.8 Å². The third-order valence-corrected chi connectivity index (χ3v) is 4.81. The normalized spacial score (nSPS) is 14.1. The minimum absolute atomic E-state index is 0.316. The van der Waals surface area contributed by atoms with Crippen LogP contribution in [0.25, 0.3) is 0 Å². The lowest BCUT2D eigenvalue weighted by Gasteiger charge is -2.24. The lowest BCUT2D eigenvalue weighted by molar-refractivity contribution is -0.143. The summed E-state index contributed by atoms with van der Waals surface area (Å²) in [6, 6.07) is 1.65. The van der Waals surface area contributed by atoms with E-state index < -0.39 is 17.4 Å². The average molecular weight is 385 g/mol. The van der Waals surface area contributed by atoms with Gasteiger partial charge >= 0.3 is 5.97 Å². The van der Waals surface area contributed by atoms with Crippen LogP contribution in [0.2, 0.25) is 0 Å². The highest BCUT2D eigenvalue weighted by molar-refractivity contribution is 9.12. The van der Waals surface area contributed by atoms with Crippen LogP contribution in [-0.4, -0.2) is 22.5 Å². The Morgan fingerprint density at radius 1 is 1.53 bits per heavy atom. The van der Waals surface area contributed by atoms with E-state index in [0.717, 1.165) is 3.79 Å². The van der Waals surface area contributed by atoms with Gasteiger partial charge < -0.3 is 10.4 Å². The monoisotopic (exact) mass is 383 g/mol. The number of carboxylic acid groups (broad SMARTS) is 1. The van der Waals surface area contributed by atoms with E-state index in [4.69, 9.17) is 5.11 Å². The molecular formula is C10H11Br2NO3S. The smallest absolute Gasteiger partial charge is 0.329 e. The van der Waals surface area contributed by atoms with E-state index in [9.17, 15) is 9.59 Å². The van der Waals surface area contributed by atoms with Crippen molar-refractivity contribution in [1.29, 1.82) is 0 Å². The fourth-order valence-electron chi connectivity index (χ4n) is 1.11. The van der Waals surface area contributed by atoms with Crippen molar-refractivity contribution in [2.45, 2.75) is 25.8 Å². The molecule has 0 saturated carbocycles. The first-order valence-electron chi connectivity index (χ1n) is 4.81. The Bertz CT molecular complexity index is 460. The fraction of sp³-hybridized carbons (Fsp3) is 0.400. The Hall–Kier alpha value is -0.400. The predicted octanol–water partition coefficient (Wildman–Crippen LogP) is 3.26. The van der Waals surface area contributed by atoms with E-state index in [1.807, 2.05) is 0 Å². The van der Waals surface area contributed by atoms with Gasteiger partial charge in [-0.1, -0.05) is 6.92 Å². The summed E-state index contributed by atoms with van der Waals surface area (Å²) in [5.74, 6) is -1.44. The van der Waals surface area contributed by atoms with Gasteiger partial charge in [0, 0.05) is 0 Å². The number of rotatable bonds is 4. The zero-order valence-corrected chi connectivity index (χ0v) is 13.2. The van der Waals surface area contributed by atoms with E-state index in [-0.39, 0.29) is 0 Å². The molecule has 1 aromatic heterocycles. The molecule has 4 nitrogen and oxygen atoms in total. The van der Waals surface area contributed by atoms with Gasteiger partial charge in [-0.15, -0.1) is 11.3 Å². The molecule has 1 aromatic rings. The molecule has 1 rings (SSSR count). The maximum atomic E-state index is 11.9. The van der Waals surface area contributed by atoms with Gasteiger partial charge in [-0.2, -0.15) is 0 Å². The largest absolute Gasteiger partial charge is 0.480 e. The first-order chi connectivity index (χ1) is 7.80. The molecule has 94 valence electrons. The van der Waals surface area contributed by atoms with E-state index in [1.165, 1.54) is 18.3 Å². The molecule has 0 aliphatic heterocycles. The average Bonchev–Trinajstić information content (AvgIpc) is 2.57. The van der Waals surface area contributed by atoms with Crippen molar-refractivity contribution in [2.24, 2.45) is 0 Å². The summed E-state index contributed by atoms with van der Waals surface area (Å²) in [6.45, 7) is 3.20. The first kappa shape index (κ1) is 14.7. The van der Waals surface area contributed by atoms with Crippen molar-refractivity contribution in [3.63, 3.8) is 0 Å². The Kier molecular flexibility index (Phi) is 4.74. The van der Waals surface area contributed by atoms with Crippen molar-refractivity contribution < 1.29 is 14.7 Å². The Balaban J connectivity index is 2.93. The fourth-order valence-corrected chi connectivity index (χ4v) is 3.90. The molecule has 1 amide bonds. The third-order valence-electron chi connectivity index (χ3n) is 2.47. The van der Waals surface area contributed by atoms with Crippen LogP contribution >= 0.6 is 43.2 Å². The van der Waals surface area contributed by atoms with Crippen molar-refractivity contribution in [2.75, 3.05) is 0 Å². The molecule has 1 heterocycles. The molecular weight excluding hydrogens is 374 g/mol. The molecule has 0 aliphatic rings. The minimum atomic E-state index is -1.25. The van der Waals surface area contributed by atoms with E-state index in [1.54, 1.807) is 13.0 Å². The van der Waals surface area contributed by atoms with Crippen LogP contribution < -0.4 is 5.32 Å². The van der Waals surface area contributed by atoms with Gasteiger partial charge in [0.25, 0.3) is 5.91 Å². The summed E-state index contributed by atoms with van der Waals surface area (Å²) >= 11 is 7.90. The second-order valence-corrected chi connectivity index (χ2v) is 7.43. The van der Waals surface area contributed by atoms with Gasteiger partial charge in [-0.3, -0.25) is 4.79 Å². The number of nitrogens with one attached hydrogen (secondary N) is 1. The highest BCUT2D eigenvalue weighted by Gasteiger charge is 2.33. The molecule has 0 aliphatic carbocycles. The number of thiophene rings is 1. The number of hydrogen-bond acceptors (Lipinski definition) is 3. The maximum absolute atomic E-state index is 11.9. The van der Waals surface area contributed by atoms with Crippen molar-refractivity contribution in [3.05, 3.63) is 19.2 Å². The molecule has 2 N–H and O–H groups in total. The Morgan fingerprint density at radius 2 is 2.12 bits per heavy atom. The van der Waals surface area contributed by atoms with Gasteiger partial charge in [0.15, 0.2) is 0 Å². The van der Waals surface area contributed by atoms with Gasteiger partial charge in [0.2, 0.25) is 0 Å². The standard InChI is InChI=1S/C10H11Br2NO3S/c1-3-10(2,9(15)16)13-8(14)5-4-6(11)17-7(5)12/h4H,3H2,1-2H3,(H,13,14)(H,15,16). The van der Waals surface area contributed by atoms with Gasteiger partial charge in [-0.05, 0) is 51.3 Å². The second-order valence-electron chi connectivity index (χ2n) is 3.68. The van der Waals surface area contributed by atoms with Crippen LogP contribution in [0.3, 0.4) is 0 Å². The SMILES string of the molecule is CCC(C)(NC(=O)c1cc(Br)sc1Br)C(=O)O. The lowest BCUT2D eigenvalue weighted by Crippen LogP contribution is -2.51. The number of aliphatic carboxylic acids is 1. The van der Waals surface area contributed by atoms with E-state index in [2.05, 4.69) is 37.2 Å². The van der Waals surface area contributed by atoms with Crippen molar-refractivity contribution in [1.82, 2.24) is 5.32 Å². The summed E-state index contributed by atoms with van der Waals surface area (Å²) in [7, 11) is 0. The maximum Gasteiger partial charge on any atom is 0.329 e. The molecule has 0 spiro atoms. The molecule has 0 bridgehead atoms. The Labute approximate surface area is 120 Å². The number of hydrogen-bond donors (Lipinski definition) is 2. The highest BCUT2D eigenvalue weighted by atomic mass is 79.9. The summed E-state index contributed by atoms with van der Waals surface area (Å²) in [5, 5.41) is 11.6. The summed E-state index contributed by atoms with van der Waals surface area (Å²) in [6.07, 6.45) is 0.316. The Morgan fingerprint density at radius 3 is 2.47 bits per heavy atom. The highest BCUT2D eigenvalue weighted by Crippen LogP contribution is 2.32. The van der Waals surface area contributed by atoms with Crippen LogP contribution in [0.4, 0.5) is 0 Å². The van der Waals surface area contributed by atoms with Crippen LogP contribution in [0.5, 0.6) is 0 Å². The number of halogens is 2. The summed E-state index contributed by atoms with van der Waals surface area (Å²) in [5.41, 5.74) is -0.812. The third kappa shape index (κ3) is 3.29. The minimum Gasteiger partial charge on any atom is -0.480 e. The number of carbonyl (C=O) groups excluding carboxylic acids is 1. The number of carbonyl (C=O) groups is 2. The van der Waals surface area contributed by atoms with Crippen molar-refractivity contribution in [3.8, 4) is 0 Å². The summed E-state index contributed by atoms with van der Waals surface area (Å²) in [4.78, 5) is 23.0. The number of carboxylic acids is 1. The van der Waals surface area contributed by atoms with E-state index >= 15 is 0 Å². The molecule has 17 heavy (non-hydrogen) atoms. The lowest BCUT2D eigenvalue weighted by atomic mass is 9.99. The molecule has 0 saturated heterocycles. The molecule has 0 aromatic carbocycles. The van der Waals surface area contributed by atoms with Crippen LogP contribution in [0.15, 0.2) is 13.6 Å². The predicted molar refractivity (Wildman–Crippen MR) is 73.5 cm³/mol. The summed E-state index contributed by atoms with van der Waals surface area (Å²) < 4.78 is 1.48. The molecule has 1 atom stereocenters. The molecule has 0 radical (unpaired) electrons. The van der Waals surface area contributed by atoms with Gasteiger partial charge in [0.1, 0.15) is 5.54 Å².